The number of Topliss-reactive ketones (excluding diaryl/α,β-unsaturated/α-hetero) is 1. The maximum atomic E-state index is 14.1. The molecule has 5 aliphatic heterocycles. The number of hydrogen-bond donors (Lipinski definition) is 0. The number of ketones is 1. The summed E-state index contributed by atoms with van der Waals surface area (Å²) >= 11 is 0. The van der Waals surface area contributed by atoms with Crippen molar-refractivity contribution in [1.82, 2.24) is 4.90 Å². The molecule has 3 aromatic carbocycles. The Morgan fingerprint density at radius 1 is 0.763 bits per heavy atom. The maximum Gasteiger partial charge on any atom is 0.240 e. The van der Waals surface area contributed by atoms with E-state index in [1.807, 2.05) is 41.4 Å². The van der Waals surface area contributed by atoms with Gasteiger partial charge in [-0.05, 0) is 47.5 Å². The lowest BCUT2D eigenvalue weighted by Crippen LogP contribution is -2.44. The third kappa shape index (κ3) is 2.78. The lowest BCUT2D eigenvalue weighted by atomic mass is 9.83. The van der Waals surface area contributed by atoms with E-state index in [1.165, 1.54) is 4.90 Å². The molecule has 0 radical (unpaired) electrons. The SMILES string of the molecule is O=C(c1ccc2c(c1)OCO2)[C@@H]1[C@@H]2C(=O)N(c3ccc4c(c3)OCO4)C(=O)[C@H]2[C@H]2c3ccccc3C=CN12. The van der Waals surface area contributed by atoms with Gasteiger partial charge < -0.3 is 23.8 Å². The quantitative estimate of drug-likeness (QED) is 0.392. The fraction of sp³-hybridized carbons (Fsp3) is 0.207. The summed E-state index contributed by atoms with van der Waals surface area (Å²) in [6, 6.07) is 16.5. The summed E-state index contributed by atoms with van der Waals surface area (Å²) in [6.07, 6.45) is 3.77. The first-order chi connectivity index (χ1) is 18.6. The summed E-state index contributed by atoms with van der Waals surface area (Å²) in [5.74, 6) is -0.513. The van der Waals surface area contributed by atoms with Crippen LogP contribution in [-0.4, -0.2) is 42.1 Å². The van der Waals surface area contributed by atoms with Crippen molar-refractivity contribution in [2.24, 2.45) is 11.8 Å². The second-order valence-corrected chi connectivity index (χ2v) is 9.81. The number of hydrogen-bond acceptors (Lipinski definition) is 8. The Hall–Kier alpha value is -4.79. The molecule has 2 fully saturated rings. The molecule has 5 heterocycles. The Morgan fingerprint density at radius 3 is 2.26 bits per heavy atom. The van der Waals surface area contributed by atoms with Crippen LogP contribution >= 0.6 is 0 Å². The Bertz CT molecular complexity index is 1600. The number of rotatable bonds is 3. The minimum Gasteiger partial charge on any atom is -0.454 e. The number of ether oxygens (including phenoxy) is 4. The topological polar surface area (TPSA) is 94.6 Å². The molecule has 2 amide bonds. The first kappa shape index (κ1) is 21.3. The summed E-state index contributed by atoms with van der Waals surface area (Å²) in [5, 5.41) is 0. The van der Waals surface area contributed by atoms with E-state index in [0.717, 1.165) is 11.1 Å². The molecule has 2 saturated heterocycles. The van der Waals surface area contributed by atoms with Crippen molar-refractivity contribution in [2.75, 3.05) is 18.5 Å². The second kappa shape index (κ2) is 7.61. The minimum absolute atomic E-state index is 0.0815. The molecule has 0 N–H and O–H groups in total. The van der Waals surface area contributed by atoms with Crippen LogP contribution in [0.15, 0.2) is 66.9 Å². The zero-order valence-corrected chi connectivity index (χ0v) is 19.9. The van der Waals surface area contributed by atoms with Gasteiger partial charge in [0.25, 0.3) is 0 Å². The number of carbonyl (C=O) groups is 3. The predicted molar refractivity (Wildman–Crippen MR) is 133 cm³/mol. The van der Waals surface area contributed by atoms with Gasteiger partial charge in [-0.15, -0.1) is 0 Å². The van der Waals surface area contributed by atoms with Crippen LogP contribution in [0.25, 0.3) is 6.08 Å². The third-order valence-corrected chi connectivity index (χ3v) is 8.00. The van der Waals surface area contributed by atoms with E-state index in [-0.39, 0.29) is 25.3 Å². The largest absolute Gasteiger partial charge is 0.454 e. The lowest BCUT2D eigenvalue weighted by Gasteiger charge is -2.35. The van der Waals surface area contributed by atoms with Gasteiger partial charge in [-0.2, -0.15) is 0 Å². The van der Waals surface area contributed by atoms with Crippen molar-refractivity contribution in [3.63, 3.8) is 0 Å². The van der Waals surface area contributed by atoms with Crippen LogP contribution in [0.4, 0.5) is 5.69 Å². The van der Waals surface area contributed by atoms with Gasteiger partial charge in [0.2, 0.25) is 25.4 Å². The number of fused-ring (bicyclic) bond motifs is 7. The van der Waals surface area contributed by atoms with Gasteiger partial charge in [0.15, 0.2) is 28.8 Å². The van der Waals surface area contributed by atoms with E-state index in [0.29, 0.717) is 34.2 Å². The Balaban J connectivity index is 1.25. The highest BCUT2D eigenvalue weighted by Crippen LogP contribution is 2.54. The number of carbonyl (C=O) groups excluding carboxylic acids is 3. The molecular weight excluding hydrogens is 488 g/mol. The van der Waals surface area contributed by atoms with E-state index >= 15 is 0 Å². The van der Waals surface area contributed by atoms with Crippen LogP contribution in [0, 0.1) is 11.8 Å². The number of nitrogens with zero attached hydrogens (tertiary/aromatic N) is 2. The number of benzene rings is 3. The fourth-order valence-electron chi connectivity index (χ4n) is 6.36. The maximum absolute atomic E-state index is 14.1. The van der Waals surface area contributed by atoms with Crippen LogP contribution in [0.2, 0.25) is 0 Å². The van der Waals surface area contributed by atoms with E-state index in [2.05, 4.69) is 0 Å². The van der Waals surface area contributed by atoms with Crippen LogP contribution in [0.3, 0.4) is 0 Å². The van der Waals surface area contributed by atoms with Gasteiger partial charge in [-0.3, -0.25) is 14.4 Å². The van der Waals surface area contributed by atoms with E-state index in [1.54, 1.807) is 36.4 Å². The normalized spacial score (nSPS) is 25.5. The molecule has 0 aromatic heterocycles. The lowest BCUT2D eigenvalue weighted by molar-refractivity contribution is -0.123. The highest BCUT2D eigenvalue weighted by Gasteiger charge is 2.64. The molecule has 188 valence electrons. The van der Waals surface area contributed by atoms with Crippen molar-refractivity contribution in [3.8, 4) is 23.0 Å². The van der Waals surface area contributed by atoms with Crippen LogP contribution in [0.5, 0.6) is 23.0 Å². The molecule has 0 aliphatic carbocycles. The monoisotopic (exact) mass is 508 g/mol. The van der Waals surface area contributed by atoms with Gasteiger partial charge in [-0.1, -0.05) is 24.3 Å². The van der Waals surface area contributed by atoms with Crippen molar-refractivity contribution < 1.29 is 33.3 Å². The van der Waals surface area contributed by atoms with Gasteiger partial charge in [-0.25, -0.2) is 4.90 Å². The first-order valence-electron chi connectivity index (χ1n) is 12.4. The second-order valence-electron chi connectivity index (χ2n) is 9.81. The summed E-state index contributed by atoms with van der Waals surface area (Å²) < 4.78 is 21.8. The smallest absolute Gasteiger partial charge is 0.240 e. The number of amides is 2. The van der Waals surface area contributed by atoms with Gasteiger partial charge in [0, 0.05) is 17.8 Å². The molecule has 0 unspecified atom stereocenters. The van der Waals surface area contributed by atoms with Crippen molar-refractivity contribution in [1.29, 1.82) is 0 Å². The molecule has 9 nitrogen and oxygen atoms in total. The van der Waals surface area contributed by atoms with Gasteiger partial charge in [0.05, 0.1) is 23.6 Å². The van der Waals surface area contributed by atoms with Crippen LogP contribution < -0.4 is 23.8 Å². The first-order valence-corrected chi connectivity index (χ1v) is 12.4. The number of anilines is 1. The minimum atomic E-state index is -0.870. The van der Waals surface area contributed by atoms with E-state index in [4.69, 9.17) is 18.9 Å². The van der Waals surface area contributed by atoms with Gasteiger partial charge in [0.1, 0.15) is 6.04 Å². The Kier molecular flexibility index (Phi) is 4.27. The Labute approximate surface area is 216 Å². The van der Waals surface area contributed by atoms with Gasteiger partial charge >= 0.3 is 0 Å². The summed E-state index contributed by atoms with van der Waals surface area (Å²) in [6.45, 7) is 0.171. The molecule has 0 saturated carbocycles. The fourth-order valence-corrected chi connectivity index (χ4v) is 6.36. The standard InChI is InChI=1S/C29H20N2O7/c32-27(16-5-7-19-21(11-16)37-13-35-19)26-24-23(25-18-4-2-1-3-15(18)9-10-30(25)26)28(33)31(29(24)34)17-6-8-20-22(12-17)38-14-36-20/h1-12,23-26H,13-14H2/t23-,24-,25-,26+/m1/s1. The highest BCUT2D eigenvalue weighted by atomic mass is 16.7. The average molecular weight is 508 g/mol. The van der Waals surface area contributed by atoms with Crippen molar-refractivity contribution in [2.45, 2.75) is 12.1 Å². The molecule has 9 heteroatoms. The Morgan fingerprint density at radius 2 is 1.45 bits per heavy atom. The molecule has 4 atom stereocenters. The number of imide groups is 1. The summed E-state index contributed by atoms with van der Waals surface area (Å²) in [4.78, 5) is 45.3. The molecule has 38 heavy (non-hydrogen) atoms. The summed E-state index contributed by atoms with van der Waals surface area (Å²) in [5.41, 5.74) is 2.68. The van der Waals surface area contributed by atoms with Crippen LogP contribution in [-0.2, 0) is 9.59 Å². The summed E-state index contributed by atoms with van der Waals surface area (Å²) in [7, 11) is 0. The van der Waals surface area contributed by atoms with E-state index < -0.39 is 29.8 Å². The molecule has 8 rings (SSSR count). The molecule has 0 spiro atoms. The van der Waals surface area contributed by atoms with Crippen LogP contribution in [0.1, 0.15) is 27.5 Å². The molecule has 5 aliphatic rings. The van der Waals surface area contributed by atoms with Crippen molar-refractivity contribution >= 4 is 29.4 Å². The highest BCUT2D eigenvalue weighted by molar-refractivity contribution is 6.24. The molecule has 0 bridgehead atoms. The molecule has 3 aromatic rings. The predicted octanol–water partition coefficient (Wildman–Crippen LogP) is 3.54. The van der Waals surface area contributed by atoms with E-state index in [9.17, 15) is 14.4 Å². The average Bonchev–Trinajstić information content (AvgIpc) is 3.71. The van der Waals surface area contributed by atoms with Crippen molar-refractivity contribution in [3.05, 3.63) is 83.6 Å². The zero-order chi connectivity index (χ0) is 25.5. The third-order valence-electron chi connectivity index (χ3n) is 8.00. The zero-order valence-electron chi connectivity index (χ0n) is 19.9. The molecular formula is C29H20N2O7.